The van der Waals surface area contributed by atoms with Crippen LogP contribution in [0.5, 0.6) is 0 Å². The summed E-state index contributed by atoms with van der Waals surface area (Å²) in [6.45, 7) is 10.4. The number of rotatable bonds is 7. The van der Waals surface area contributed by atoms with Gasteiger partial charge in [0.05, 0.1) is 12.6 Å². The van der Waals surface area contributed by atoms with Gasteiger partial charge in [0.25, 0.3) is 0 Å². The van der Waals surface area contributed by atoms with Gasteiger partial charge in [-0.3, -0.25) is 9.59 Å². The molecule has 2 aliphatic rings. The summed E-state index contributed by atoms with van der Waals surface area (Å²) in [5.41, 5.74) is 1.19. The van der Waals surface area contributed by atoms with Crippen molar-refractivity contribution in [1.82, 2.24) is 15.5 Å². The first kappa shape index (κ1) is 34.3. The van der Waals surface area contributed by atoms with E-state index in [0.29, 0.717) is 25.6 Å². The number of carbonyl (C=O) groups is 2. The summed E-state index contributed by atoms with van der Waals surface area (Å²) < 4.78 is 5.25. The first-order valence-electron chi connectivity index (χ1n) is 12.2. The summed E-state index contributed by atoms with van der Waals surface area (Å²) in [7, 11) is 1.68. The molecule has 0 bridgehead atoms. The SMILES string of the molecule is C.COCC1CCCC(C(=O)N[C@@H](C(=O)N2CCC(c3ccc(Cl)cc3)C(C)(C)C2)C(C)C)N1.O.O. The Labute approximate surface area is 222 Å². The predicted molar refractivity (Wildman–Crippen MR) is 146 cm³/mol. The molecule has 3 rings (SSSR count). The van der Waals surface area contributed by atoms with E-state index in [2.05, 4.69) is 36.6 Å². The van der Waals surface area contributed by atoms with Crippen LogP contribution in [0.15, 0.2) is 24.3 Å². The molecule has 6 N–H and O–H groups in total. The van der Waals surface area contributed by atoms with Crippen LogP contribution in [0.3, 0.4) is 0 Å². The molecule has 2 saturated heterocycles. The van der Waals surface area contributed by atoms with E-state index >= 15 is 0 Å². The lowest BCUT2D eigenvalue weighted by Crippen LogP contribution is -2.59. The molecule has 0 saturated carbocycles. The largest absolute Gasteiger partial charge is 0.412 e. The van der Waals surface area contributed by atoms with Gasteiger partial charge in [-0.2, -0.15) is 0 Å². The van der Waals surface area contributed by atoms with Gasteiger partial charge in [0.2, 0.25) is 11.8 Å². The summed E-state index contributed by atoms with van der Waals surface area (Å²) in [5.74, 6) is 0.301. The number of benzene rings is 1. The molecule has 208 valence electrons. The molecule has 0 spiro atoms. The van der Waals surface area contributed by atoms with Crippen LogP contribution >= 0.6 is 11.6 Å². The third-order valence-electron chi connectivity index (χ3n) is 7.21. The third-order valence-corrected chi connectivity index (χ3v) is 7.46. The highest BCUT2D eigenvalue weighted by atomic mass is 35.5. The summed E-state index contributed by atoms with van der Waals surface area (Å²) in [6, 6.07) is 7.44. The van der Waals surface area contributed by atoms with Crippen molar-refractivity contribution >= 4 is 23.4 Å². The molecule has 0 radical (unpaired) electrons. The number of halogens is 1. The van der Waals surface area contributed by atoms with E-state index in [9.17, 15) is 9.59 Å². The number of likely N-dealkylation sites (tertiary alicyclic amines) is 1. The van der Waals surface area contributed by atoms with Crippen molar-refractivity contribution in [2.24, 2.45) is 11.3 Å². The van der Waals surface area contributed by atoms with Crippen LogP contribution in [-0.2, 0) is 14.3 Å². The van der Waals surface area contributed by atoms with Gasteiger partial charge in [-0.1, -0.05) is 58.9 Å². The Balaban J connectivity index is 0.00000408. The second-order valence-corrected chi connectivity index (χ2v) is 11.1. The second kappa shape index (κ2) is 14.9. The van der Waals surface area contributed by atoms with E-state index in [1.54, 1.807) is 7.11 Å². The van der Waals surface area contributed by atoms with E-state index in [0.717, 1.165) is 30.7 Å². The predicted octanol–water partition coefficient (Wildman–Crippen LogP) is 2.97. The molecule has 9 heteroatoms. The zero-order chi connectivity index (χ0) is 24.2. The highest BCUT2D eigenvalue weighted by Gasteiger charge is 2.41. The summed E-state index contributed by atoms with van der Waals surface area (Å²) >= 11 is 6.07. The van der Waals surface area contributed by atoms with Gasteiger partial charge in [-0.15, -0.1) is 0 Å². The minimum Gasteiger partial charge on any atom is -0.412 e. The molecule has 0 aliphatic carbocycles. The van der Waals surface area contributed by atoms with E-state index in [1.807, 2.05) is 30.9 Å². The topological polar surface area (TPSA) is 134 Å². The Bertz CT molecular complexity index is 816. The van der Waals surface area contributed by atoms with Crippen molar-refractivity contribution in [2.45, 2.75) is 84.8 Å². The number of hydrogen-bond donors (Lipinski definition) is 2. The van der Waals surface area contributed by atoms with Gasteiger partial charge in [0.15, 0.2) is 0 Å². The number of ether oxygens (including phenoxy) is 1. The molecule has 3 unspecified atom stereocenters. The standard InChI is InChI=1S/C26H40ClN3O3.CH4.2H2O/c1-17(2)23(29-24(31)22-8-6-7-20(28-22)15-33-5)25(32)30-14-13-21(26(3,4)16-30)18-9-11-19(27)12-10-18;;;/h9-12,17,20-23,28H,6-8,13-16H2,1-5H3,(H,29,31);1H4;2*1H2/t20?,21?,22?,23-;;;/m1.../s1. The fourth-order valence-corrected chi connectivity index (χ4v) is 5.51. The smallest absolute Gasteiger partial charge is 0.245 e. The lowest BCUT2D eigenvalue weighted by atomic mass is 9.70. The average Bonchev–Trinajstić information content (AvgIpc) is 2.77. The van der Waals surface area contributed by atoms with Gasteiger partial charge < -0.3 is 31.2 Å². The van der Waals surface area contributed by atoms with Gasteiger partial charge in [-0.25, -0.2) is 0 Å². The summed E-state index contributed by atoms with van der Waals surface area (Å²) in [4.78, 5) is 28.5. The molecule has 1 aromatic rings. The van der Waals surface area contributed by atoms with Crippen molar-refractivity contribution in [3.05, 3.63) is 34.9 Å². The van der Waals surface area contributed by atoms with Gasteiger partial charge in [0, 0.05) is 31.3 Å². The quantitative estimate of drug-likeness (QED) is 0.561. The molecule has 2 heterocycles. The second-order valence-electron chi connectivity index (χ2n) is 10.7. The minimum atomic E-state index is -0.523. The minimum absolute atomic E-state index is 0. The number of nitrogens with one attached hydrogen (secondary N) is 2. The van der Waals surface area contributed by atoms with Crippen LogP contribution in [0.1, 0.15) is 72.3 Å². The van der Waals surface area contributed by atoms with Crippen LogP contribution in [0.2, 0.25) is 5.02 Å². The lowest BCUT2D eigenvalue weighted by Gasteiger charge is -2.46. The maximum absolute atomic E-state index is 13.6. The molecule has 36 heavy (non-hydrogen) atoms. The van der Waals surface area contributed by atoms with E-state index in [4.69, 9.17) is 16.3 Å². The first-order valence-corrected chi connectivity index (χ1v) is 12.6. The van der Waals surface area contributed by atoms with Crippen LogP contribution in [0.4, 0.5) is 0 Å². The number of piperidine rings is 2. The van der Waals surface area contributed by atoms with Crippen LogP contribution < -0.4 is 10.6 Å². The molecule has 2 aliphatic heterocycles. The van der Waals surface area contributed by atoms with Gasteiger partial charge >= 0.3 is 0 Å². The molecule has 4 atom stereocenters. The number of nitrogens with zero attached hydrogens (tertiary/aromatic N) is 1. The maximum Gasteiger partial charge on any atom is 0.245 e. The molecule has 8 nitrogen and oxygen atoms in total. The fraction of sp³-hybridized carbons (Fsp3) is 0.704. The van der Waals surface area contributed by atoms with E-state index in [1.165, 1.54) is 5.56 Å². The van der Waals surface area contributed by atoms with Crippen LogP contribution in [0.25, 0.3) is 0 Å². The van der Waals surface area contributed by atoms with Crippen molar-refractivity contribution < 1.29 is 25.3 Å². The Morgan fingerprint density at radius 3 is 2.36 bits per heavy atom. The molecule has 0 aromatic heterocycles. The normalized spacial score (nSPS) is 24.0. The molecule has 2 amide bonds. The molecular weight excluding hydrogens is 482 g/mol. The van der Waals surface area contributed by atoms with Gasteiger partial charge in [-0.05, 0) is 60.6 Å². The van der Waals surface area contributed by atoms with Crippen molar-refractivity contribution in [2.75, 3.05) is 26.8 Å². The van der Waals surface area contributed by atoms with Crippen LogP contribution in [0, 0.1) is 11.3 Å². The molecule has 2 fully saturated rings. The maximum atomic E-state index is 13.6. The summed E-state index contributed by atoms with van der Waals surface area (Å²) in [6.07, 6.45) is 3.65. The Kier molecular flexibility index (Phi) is 14.2. The number of hydrogen-bond acceptors (Lipinski definition) is 4. The highest BCUT2D eigenvalue weighted by molar-refractivity contribution is 6.30. The lowest BCUT2D eigenvalue weighted by molar-refractivity contribution is -0.141. The number of carbonyl (C=O) groups excluding carboxylic acids is 2. The first-order chi connectivity index (χ1) is 15.6. The zero-order valence-corrected chi connectivity index (χ0v) is 22.5. The molecule has 1 aromatic carbocycles. The summed E-state index contributed by atoms with van der Waals surface area (Å²) in [5, 5.41) is 7.20. The zero-order valence-electron chi connectivity index (χ0n) is 21.7. The Hall–Kier alpha value is -1.71. The average molecular weight is 530 g/mol. The number of methoxy groups -OCH3 is 1. The van der Waals surface area contributed by atoms with Crippen molar-refractivity contribution in [3.8, 4) is 0 Å². The van der Waals surface area contributed by atoms with E-state index in [-0.39, 0.29) is 53.6 Å². The van der Waals surface area contributed by atoms with Crippen molar-refractivity contribution in [3.63, 3.8) is 0 Å². The van der Waals surface area contributed by atoms with E-state index < -0.39 is 6.04 Å². The van der Waals surface area contributed by atoms with Crippen molar-refractivity contribution in [1.29, 1.82) is 0 Å². The Morgan fingerprint density at radius 1 is 1.17 bits per heavy atom. The third kappa shape index (κ3) is 8.42. The number of amides is 2. The highest BCUT2D eigenvalue weighted by Crippen LogP contribution is 2.42. The Morgan fingerprint density at radius 2 is 1.81 bits per heavy atom. The molecular formula is C27H48ClN3O5. The van der Waals surface area contributed by atoms with Gasteiger partial charge in [0.1, 0.15) is 6.04 Å². The monoisotopic (exact) mass is 529 g/mol. The fourth-order valence-electron chi connectivity index (χ4n) is 5.38. The van der Waals surface area contributed by atoms with Crippen LogP contribution in [-0.4, -0.2) is 72.6 Å².